The van der Waals surface area contributed by atoms with Crippen molar-refractivity contribution < 1.29 is 23.8 Å². The van der Waals surface area contributed by atoms with Crippen molar-refractivity contribution >= 4 is 17.5 Å². The summed E-state index contributed by atoms with van der Waals surface area (Å²) in [6.07, 6.45) is 2.20. The van der Waals surface area contributed by atoms with Crippen LogP contribution in [0, 0.1) is 5.92 Å². The molecule has 144 valence electrons. The van der Waals surface area contributed by atoms with E-state index in [2.05, 4.69) is 6.92 Å². The van der Waals surface area contributed by atoms with Gasteiger partial charge in [0.1, 0.15) is 0 Å². The van der Waals surface area contributed by atoms with Crippen LogP contribution in [0.25, 0.3) is 0 Å². The summed E-state index contributed by atoms with van der Waals surface area (Å²) >= 11 is 0. The highest BCUT2D eigenvalue weighted by Gasteiger charge is 2.37. The maximum Gasteiger partial charge on any atom is 0.227 e. The van der Waals surface area contributed by atoms with E-state index in [0.717, 1.165) is 12.8 Å². The molecule has 0 N–H and O–H groups in total. The number of methoxy groups -OCH3 is 3. The minimum absolute atomic E-state index is 0.0155. The minimum atomic E-state index is -0.330. The van der Waals surface area contributed by atoms with Crippen molar-refractivity contribution in [1.82, 2.24) is 4.90 Å². The van der Waals surface area contributed by atoms with E-state index in [1.807, 2.05) is 0 Å². The van der Waals surface area contributed by atoms with Gasteiger partial charge in [-0.2, -0.15) is 0 Å². The molecule has 7 nitrogen and oxygen atoms in total. The van der Waals surface area contributed by atoms with E-state index in [-0.39, 0.29) is 24.2 Å². The molecule has 1 heterocycles. The Hall–Kier alpha value is -2.44. The Kier molecular flexibility index (Phi) is 6.71. The lowest BCUT2D eigenvalue weighted by Gasteiger charge is -2.22. The number of benzene rings is 1. The molecule has 1 aromatic carbocycles. The van der Waals surface area contributed by atoms with Crippen molar-refractivity contribution in [2.24, 2.45) is 5.92 Å². The maximum absolute atomic E-state index is 12.6. The Labute approximate surface area is 154 Å². The average molecular weight is 364 g/mol. The third-order valence-electron chi connectivity index (χ3n) is 4.66. The third kappa shape index (κ3) is 4.03. The minimum Gasteiger partial charge on any atom is -0.493 e. The lowest BCUT2D eigenvalue weighted by Crippen LogP contribution is -2.35. The van der Waals surface area contributed by atoms with Crippen LogP contribution < -0.4 is 19.1 Å². The second-order valence-electron chi connectivity index (χ2n) is 6.40. The Morgan fingerprint density at radius 3 is 2.31 bits per heavy atom. The van der Waals surface area contributed by atoms with Gasteiger partial charge in [-0.3, -0.25) is 9.59 Å². The molecular formula is C19H28N2O5. The summed E-state index contributed by atoms with van der Waals surface area (Å²) in [5.41, 5.74) is 0.635. The van der Waals surface area contributed by atoms with E-state index in [9.17, 15) is 9.59 Å². The van der Waals surface area contributed by atoms with Gasteiger partial charge in [0.05, 0.1) is 32.9 Å². The van der Waals surface area contributed by atoms with Gasteiger partial charge in [-0.25, -0.2) is 0 Å². The molecule has 2 amide bonds. The zero-order chi connectivity index (χ0) is 19.3. The van der Waals surface area contributed by atoms with Gasteiger partial charge in [0.15, 0.2) is 11.5 Å². The number of unbranched alkanes of at least 4 members (excludes halogenated alkanes) is 1. The fraction of sp³-hybridized carbons (Fsp3) is 0.579. The number of hydrogen-bond acceptors (Lipinski definition) is 5. The Balaban J connectivity index is 2.22. The van der Waals surface area contributed by atoms with Crippen LogP contribution in [-0.4, -0.2) is 58.2 Å². The molecule has 1 aliphatic heterocycles. The molecule has 0 aromatic heterocycles. The number of nitrogens with zero attached hydrogens (tertiary/aromatic N) is 2. The molecule has 1 unspecified atom stereocenters. The molecular weight excluding hydrogens is 336 g/mol. The first-order valence-electron chi connectivity index (χ1n) is 8.82. The van der Waals surface area contributed by atoms with Gasteiger partial charge in [0, 0.05) is 38.7 Å². The number of anilines is 1. The SMILES string of the molecule is CCCCN(C)C(=O)C1CC(=O)N(c2cc(OC)c(OC)c(OC)c2)C1. The van der Waals surface area contributed by atoms with E-state index >= 15 is 0 Å². The van der Waals surface area contributed by atoms with Crippen molar-refractivity contribution in [3.63, 3.8) is 0 Å². The second kappa shape index (κ2) is 8.78. The Bertz CT molecular complexity index is 636. The molecule has 1 atom stereocenters. The third-order valence-corrected chi connectivity index (χ3v) is 4.66. The van der Waals surface area contributed by atoms with E-state index < -0.39 is 0 Å². The monoisotopic (exact) mass is 364 g/mol. The van der Waals surface area contributed by atoms with Crippen molar-refractivity contribution in [2.75, 3.05) is 46.4 Å². The maximum atomic E-state index is 12.6. The van der Waals surface area contributed by atoms with Gasteiger partial charge in [-0.15, -0.1) is 0 Å². The van der Waals surface area contributed by atoms with Crippen LogP contribution in [0.5, 0.6) is 17.2 Å². The molecule has 0 saturated carbocycles. The molecule has 1 fully saturated rings. The average Bonchev–Trinajstić information content (AvgIpc) is 3.05. The predicted molar refractivity (Wildman–Crippen MR) is 99.1 cm³/mol. The number of ether oxygens (including phenoxy) is 3. The van der Waals surface area contributed by atoms with Crippen LogP contribution in [0.15, 0.2) is 12.1 Å². The summed E-state index contributed by atoms with van der Waals surface area (Å²) in [4.78, 5) is 28.5. The normalized spacial score (nSPS) is 16.6. The summed E-state index contributed by atoms with van der Waals surface area (Å²) in [5, 5.41) is 0. The molecule has 26 heavy (non-hydrogen) atoms. The van der Waals surface area contributed by atoms with E-state index in [1.54, 1.807) is 29.0 Å². The first-order valence-corrected chi connectivity index (χ1v) is 8.82. The quantitative estimate of drug-likeness (QED) is 0.708. The van der Waals surface area contributed by atoms with Gasteiger partial charge in [-0.1, -0.05) is 13.3 Å². The zero-order valence-corrected chi connectivity index (χ0v) is 16.2. The summed E-state index contributed by atoms with van der Waals surface area (Å²) in [7, 11) is 6.39. The number of carbonyl (C=O) groups excluding carboxylic acids is 2. The smallest absolute Gasteiger partial charge is 0.227 e. The van der Waals surface area contributed by atoms with Gasteiger partial charge < -0.3 is 24.0 Å². The fourth-order valence-electron chi connectivity index (χ4n) is 3.16. The molecule has 7 heteroatoms. The van der Waals surface area contributed by atoms with Crippen molar-refractivity contribution in [3.05, 3.63) is 12.1 Å². The molecule has 0 bridgehead atoms. The first kappa shape index (κ1) is 19.9. The Morgan fingerprint density at radius 1 is 1.19 bits per heavy atom. The summed E-state index contributed by atoms with van der Waals surface area (Å²) in [6.45, 7) is 3.15. The van der Waals surface area contributed by atoms with Gasteiger partial charge in [-0.05, 0) is 6.42 Å². The van der Waals surface area contributed by atoms with Crippen LogP contribution in [0.2, 0.25) is 0 Å². The largest absolute Gasteiger partial charge is 0.493 e. The predicted octanol–water partition coefficient (Wildman–Crippen LogP) is 2.32. The van der Waals surface area contributed by atoms with Crippen molar-refractivity contribution in [2.45, 2.75) is 26.2 Å². The van der Waals surface area contributed by atoms with Crippen LogP contribution in [0.1, 0.15) is 26.2 Å². The fourth-order valence-corrected chi connectivity index (χ4v) is 3.16. The van der Waals surface area contributed by atoms with Crippen LogP contribution in [-0.2, 0) is 9.59 Å². The lowest BCUT2D eigenvalue weighted by molar-refractivity contribution is -0.134. The highest BCUT2D eigenvalue weighted by molar-refractivity contribution is 6.00. The highest BCUT2D eigenvalue weighted by atomic mass is 16.5. The van der Waals surface area contributed by atoms with Gasteiger partial charge >= 0.3 is 0 Å². The van der Waals surface area contributed by atoms with Gasteiger partial charge in [0.25, 0.3) is 0 Å². The van der Waals surface area contributed by atoms with Crippen LogP contribution in [0.4, 0.5) is 5.69 Å². The standard InChI is InChI=1S/C19H28N2O5/c1-6-7-8-20(2)19(23)13-9-17(22)21(12-13)14-10-15(24-3)18(26-5)16(11-14)25-4/h10-11,13H,6-9,12H2,1-5H3. The molecule has 0 spiro atoms. The van der Waals surface area contributed by atoms with Crippen LogP contribution in [0.3, 0.4) is 0 Å². The number of amides is 2. The lowest BCUT2D eigenvalue weighted by atomic mass is 10.1. The molecule has 2 rings (SSSR count). The molecule has 0 aliphatic carbocycles. The topological polar surface area (TPSA) is 68.3 Å². The van der Waals surface area contributed by atoms with Crippen LogP contribution >= 0.6 is 0 Å². The van der Waals surface area contributed by atoms with Crippen molar-refractivity contribution in [1.29, 1.82) is 0 Å². The molecule has 1 aliphatic rings. The molecule has 1 aromatic rings. The summed E-state index contributed by atoms with van der Waals surface area (Å²) in [6, 6.07) is 3.46. The van der Waals surface area contributed by atoms with Crippen molar-refractivity contribution in [3.8, 4) is 17.2 Å². The number of rotatable bonds is 8. The van der Waals surface area contributed by atoms with E-state index in [4.69, 9.17) is 14.2 Å². The second-order valence-corrected chi connectivity index (χ2v) is 6.40. The number of carbonyl (C=O) groups is 2. The highest BCUT2D eigenvalue weighted by Crippen LogP contribution is 2.42. The number of hydrogen-bond donors (Lipinski definition) is 0. The van der Waals surface area contributed by atoms with Gasteiger partial charge in [0.2, 0.25) is 17.6 Å². The molecule has 1 saturated heterocycles. The van der Waals surface area contributed by atoms with E-state index in [1.165, 1.54) is 21.3 Å². The zero-order valence-electron chi connectivity index (χ0n) is 16.2. The Morgan fingerprint density at radius 2 is 1.81 bits per heavy atom. The summed E-state index contributed by atoms with van der Waals surface area (Å²) in [5.74, 6) is 1.03. The summed E-state index contributed by atoms with van der Waals surface area (Å²) < 4.78 is 16.0. The molecule has 0 radical (unpaired) electrons. The first-order chi connectivity index (χ1) is 12.5. The van der Waals surface area contributed by atoms with E-state index in [0.29, 0.717) is 36.0 Å².